The maximum atomic E-state index is 15.0. The highest BCUT2D eigenvalue weighted by molar-refractivity contribution is 5.71. The van der Waals surface area contributed by atoms with E-state index in [-0.39, 0.29) is 24.3 Å². The fraction of sp³-hybridized carbons (Fsp3) is 0.562. The standard InChI is InChI=1S/C16H24FN3O4/c1-2-19-16(22)24-14-4-3-13(20-5-7-23-8-6-20)15(17)12(14)9-11(21)10-18/h3-4,11,21H,2,5-10,18H2,1H3,(H,19,22). The van der Waals surface area contributed by atoms with Crippen LogP contribution in [0.15, 0.2) is 12.1 Å². The molecule has 1 atom stereocenters. The fourth-order valence-electron chi connectivity index (χ4n) is 2.52. The van der Waals surface area contributed by atoms with Gasteiger partial charge in [0.15, 0.2) is 5.82 Å². The number of hydrogen-bond donors (Lipinski definition) is 3. The average Bonchev–Trinajstić information content (AvgIpc) is 2.59. The van der Waals surface area contributed by atoms with Crippen molar-refractivity contribution < 1.29 is 23.8 Å². The highest BCUT2D eigenvalue weighted by Gasteiger charge is 2.23. The van der Waals surface area contributed by atoms with E-state index in [0.29, 0.717) is 38.5 Å². The van der Waals surface area contributed by atoms with Crippen LogP contribution in [0.4, 0.5) is 14.9 Å². The second-order valence-corrected chi connectivity index (χ2v) is 5.49. The molecule has 1 aliphatic rings. The highest BCUT2D eigenvalue weighted by Crippen LogP contribution is 2.31. The van der Waals surface area contributed by atoms with Gasteiger partial charge in [-0.15, -0.1) is 0 Å². The molecule has 1 amide bonds. The van der Waals surface area contributed by atoms with Crippen LogP contribution in [0.3, 0.4) is 0 Å². The van der Waals surface area contributed by atoms with Crippen molar-refractivity contribution in [2.24, 2.45) is 5.73 Å². The number of morpholine rings is 1. The Kier molecular flexibility index (Phi) is 6.77. The number of carbonyl (C=O) groups excluding carboxylic acids is 1. The molecule has 1 saturated heterocycles. The Bertz CT molecular complexity index is 564. The maximum absolute atomic E-state index is 15.0. The first-order valence-electron chi connectivity index (χ1n) is 8.04. The van der Waals surface area contributed by atoms with Crippen molar-refractivity contribution >= 4 is 11.8 Å². The van der Waals surface area contributed by atoms with E-state index in [4.69, 9.17) is 15.2 Å². The van der Waals surface area contributed by atoms with E-state index in [9.17, 15) is 9.90 Å². The molecule has 24 heavy (non-hydrogen) atoms. The van der Waals surface area contributed by atoms with Crippen LogP contribution in [-0.2, 0) is 11.2 Å². The van der Waals surface area contributed by atoms with Crippen LogP contribution < -0.4 is 20.7 Å². The van der Waals surface area contributed by atoms with Crippen LogP contribution in [0.5, 0.6) is 5.75 Å². The third kappa shape index (κ3) is 4.56. The van der Waals surface area contributed by atoms with E-state index in [2.05, 4.69) is 5.32 Å². The topological polar surface area (TPSA) is 97.0 Å². The van der Waals surface area contributed by atoms with Crippen LogP contribution in [-0.4, -0.2) is 56.7 Å². The fourth-order valence-corrected chi connectivity index (χ4v) is 2.52. The second-order valence-electron chi connectivity index (χ2n) is 5.49. The van der Waals surface area contributed by atoms with E-state index >= 15 is 4.39 Å². The highest BCUT2D eigenvalue weighted by atomic mass is 19.1. The number of halogens is 1. The van der Waals surface area contributed by atoms with Gasteiger partial charge in [0, 0.05) is 38.2 Å². The van der Waals surface area contributed by atoms with Gasteiger partial charge in [-0.3, -0.25) is 0 Å². The van der Waals surface area contributed by atoms with Crippen molar-refractivity contribution in [1.82, 2.24) is 5.32 Å². The van der Waals surface area contributed by atoms with E-state index in [1.54, 1.807) is 19.1 Å². The van der Waals surface area contributed by atoms with Crippen LogP contribution in [0.1, 0.15) is 12.5 Å². The second kappa shape index (κ2) is 8.81. The Balaban J connectivity index is 2.32. The molecule has 8 heteroatoms. The van der Waals surface area contributed by atoms with Crippen molar-refractivity contribution in [1.29, 1.82) is 0 Å². The lowest BCUT2D eigenvalue weighted by Gasteiger charge is -2.30. The Morgan fingerprint density at radius 1 is 1.50 bits per heavy atom. The number of nitrogens with two attached hydrogens (primary N) is 1. The van der Waals surface area contributed by atoms with Gasteiger partial charge in [0.1, 0.15) is 5.75 Å². The van der Waals surface area contributed by atoms with Crippen LogP contribution in [0, 0.1) is 5.82 Å². The first-order valence-corrected chi connectivity index (χ1v) is 8.04. The quantitative estimate of drug-likeness (QED) is 0.702. The summed E-state index contributed by atoms with van der Waals surface area (Å²) < 4.78 is 25.5. The summed E-state index contributed by atoms with van der Waals surface area (Å²) in [5.41, 5.74) is 5.98. The number of ether oxygens (including phenoxy) is 2. The summed E-state index contributed by atoms with van der Waals surface area (Å²) in [6.45, 7) is 4.34. The zero-order valence-corrected chi connectivity index (χ0v) is 13.8. The Hall–Kier alpha value is -1.90. The normalized spacial score (nSPS) is 15.9. The van der Waals surface area contributed by atoms with E-state index < -0.39 is 18.0 Å². The third-order valence-electron chi connectivity index (χ3n) is 3.77. The first-order chi connectivity index (χ1) is 11.6. The van der Waals surface area contributed by atoms with Gasteiger partial charge in [-0.1, -0.05) is 0 Å². The molecule has 1 aromatic carbocycles. The van der Waals surface area contributed by atoms with Gasteiger partial charge in [0.25, 0.3) is 0 Å². The number of carbonyl (C=O) groups is 1. The Labute approximate surface area is 140 Å². The zero-order chi connectivity index (χ0) is 17.5. The molecule has 0 bridgehead atoms. The molecule has 0 aliphatic carbocycles. The number of amides is 1. The van der Waals surface area contributed by atoms with Crippen molar-refractivity contribution in [3.8, 4) is 5.75 Å². The number of aliphatic hydroxyl groups excluding tert-OH is 1. The summed E-state index contributed by atoms with van der Waals surface area (Å²) in [7, 11) is 0. The Morgan fingerprint density at radius 2 is 2.21 bits per heavy atom. The van der Waals surface area contributed by atoms with Crippen molar-refractivity contribution in [2.45, 2.75) is 19.4 Å². The largest absolute Gasteiger partial charge is 0.412 e. The molecule has 1 heterocycles. The minimum absolute atomic E-state index is 0.0121. The number of rotatable bonds is 6. The smallest absolute Gasteiger partial charge is 0.410 e. The zero-order valence-electron chi connectivity index (χ0n) is 13.8. The van der Waals surface area contributed by atoms with E-state index in [1.807, 2.05) is 4.90 Å². The molecule has 0 aromatic heterocycles. The molecule has 0 spiro atoms. The summed E-state index contributed by atoms with van der Waals surface area (Å²) in [4.78, 5) is 13.5. The molecule has 134 valence electrons. The van der Waals surface area contributed by atoms with Crippen LogP contribution in [0.25, 0.3) is 0 Å². The number of anilines is 1. The van der Waals surface area contributed by atoms with Gasteiger partial charge in [-0.2, -0.15) is 0 Å². The molecule has 1 aliphatic heterocycles. The molecule has 7 nitrogen and oxygen atoms in total. The Morgan fingerprint density at radius 3 is 2.83 bits per heavy atom. The number of nitrogens with one attached hydrogen (secondary N) is 1. The summed E-state index contributed by atoms with van der Waals surface area (Å²) >= 11 is 0. The molecule has 4 N–H and O–H groups in total. The summed E-state index contributed by atoms with van der Waals surface area (Å²) in [5.74, 6) is -0.422. The lowest BCUT2D eigenvalue weighted by molar-refractivity contribution is 0.122. The van der Waals surface area contributed by atoms with Crippen molar-refractivity contribution in [3.05, 3.63) is 23.5 Å². The monoisotopic (exact) mass is 341 g/mol. The van der Waals surface area contributed by atoms with Crippen molar-refractivity contribution in [2.75, 3.05) is 44.3 Å². The number of benzene rings is 1. The predicted octanol–water partition coefficient (Wildman–Crippen LogP) is 0.633. The average molecular weight is 341 g/mol. The minimum Gasteiger partial charge on any atom is -0.410 e. The van der Waals surface area contributed by atoms with E-state index in [1.165, 1.54) is 0 Å². The SMILES string of the molecule is CCNC(=O)Oc1ccc(N2CCOCC2)c(F)c1CC(O)CN. The molecule has 1 aromatic rings. The van der Waals surface area contributed by atoms with Gasteiger partial charge < -0.3 is 30.5 Å². The van der Waals surface area contributed by atoms with Gasteiger partial charge >= 0.3 is 6.09 Å². The number of aliphatic hydroxyl groups is 1. The number of nitrogens with zero attached hydrogens (tertiary/aromatic N) is 1. The lowest BCUT2D eigenvalue weighted by Crippen LogP contribution is -2.37. The number of hydrogen-bond acceptors (Lipinski definition) is 6. The lowest BCUT2D eigenvalue weighted by atomic mass is 10.0. The minimum atomic E-state index is -0.920. The predicted molar refractivity (Wildman–Crippen MR) is 87.9 cm³/mol. The van der Waals surface area contributed by atoms with Crippen LogP contribution in [0.2, 0.25) is 0 Å². The molecular formula is C16H24FN3O4. The third-order valence-corrected chi connectivity index (χ3v) is 3.77. The molecular weight excluding hydrogens is 317 g/mol. The molecule has 0 radical (unpaired) electrons. The summed E-state index contributed by atoms with van der Waals surface area (Å²) in [6, 6.07) is 3.12. The molecule has 0 saturated carbocycles. The van der Waals surface area contributed by atoms with Gasteiger partial charge in [-0.05, 0) is 19.1 Å². The molecule has 1 unspecified atom stereocenters. The van der Waals surface area contributed by atoms with Gasteiger partial charge in [0.05, 0.1) is 25.0 Å². The van der Waals surface area contributed by atoms with Crippen LogP contribution >= 0.6 is 0 Å². The maximum Gasteiger partial charge on any atom is 0.412 e. The molecule has 2 rings (SSSR count). The van der Waals surface area contributed by atoms with E-state index in [0.717, 1.165) is 0 Å². The summed E-state index contributed by atoms with van der Waals surface area (Å²) in [6.07, 6.45) is -1.62. The van der Waals surface area contributed by atoms with Crippen molar-refractivity contribution in [3.63, 3.8) is 0 Å². The van der Waals surface area contributed by atoms with Gasteiger partial charge in [-0.25, -0.2) is 9.18 Å². The first kappa shape index (κ1) is 18.4. The molecule has 1 fully saturated rings. The van der Waals surface area contributed by atoms with Gasteiger partial charge in [0.2, 0.25) is 0 Å². The summed E-state index contributed by atoms with van der Waals surface area (Å²) in [5, 5.41) is 12.3.